The van der Waals surface area contributed by atoms with Crippen LogP contribution in [0.5, 0.6) is 5.75 Å². The smallest absolute Gasteiger partial charge is 0.220 e. The molecule has 0 heterocycles. The molecule has 4 nitrogen and oxygen atoms in total. The number of rotatable bonds is 7. The third kappa shape index (κ3) is 4.49. The van der Waals surface area contributed by atoms with Crippen LogP contribution >= 0.6 is 0 Å². The number of carbonyl (C=O) groups excluding carboxylic acids is 1. The maximum absolute atomic E-state index is 13.3. The quantitative estimate of drug-likeness (QED) is 0.807. The standard InChI is InChI=1S/C15H23FN2O2/c1-4-11(9-17)7-15(19)18-10(2)13-8-12(16)5-6-14(13)20-3/h5-6,8,10-11H,4,7,9,17H2,1-3H3,(H,18,19). The molecule has 1 rings (SSSR count). The Balaban J connectivity index is 2.73. The molecule has 2 atom stereocenters. The van der Waals surface area contributed by atoms with Crippen LogP contribution in [-0.4, -0.2) is 19.6 Å². The topological polar surface area (TPSA) is 64.4 Å². The van der Waals surface area contributed by atoms with E-state index in [1.54, 1.807) is 13.0 Å². The van der Waals surface area contributed by atoms with Crippen molar-refractivity contribution in [3.05, 3.63) is 29.6 Å². The fraction of sp³-hybridized carbons (Fsp3) is 0.533. The fourth-order valence-corrected chi connectivity index (χ4v) is 2.08. The van der Waals surface area contributed by atoms with Gasteiger partial charge in [0, 0.05) is 12.0 Å². The minimum absolute atomic E-state index is 0.0823. The van der Waals surface area contributed by atoms with Crippen LogP contribution in [0.15, 0.2) is 18.2 Å². The molecular formula is C15H23FN2O2. The summed E-state index contributed by atoms with van der Waals surface area (Å²) in [5.41, 5.74) is 6.22. The monoisotopic (exact) mass is 282 g/mol. The molecule has 112 valence electrons. The Bertz CT molecular complexity index is 447. The highest BCUT2D eigenvalue weighted by Crippen LogP contribution is 2.26. The van der Waals surface area contributed by atoms with Gasteiger partial charge in [0.25, 0.3) is 0 Å². The lowest BCUT2D eigenvalue weighted by Crippen LogP contribution is -2.30. The zero-order valence-electron chi connectivity index (χ0n) is 12.3. The number of hydrogen-bond acceptors (Lipinski definition) is 3. The number of hydrogen-bond donors (Lipinski definition) is 2. The normalized spacial score (nSPS) is 13.7. The van der Waals surface area contributed by atoms with Gasteiger partial charge in [-0.2, -0.15) is 0 Å². The van der Waals surface area contributed by atoms with Gasteiger partial charge in [-0.3, -0.25) is 4.79 Å². The molecule has 0 spiro atoms. The van der Waals surface area contributed by atoms with E-state index in [0.29, 0.717) is 24.3 Å². The third-order valence-electron chi connectivity index (χ3n) is 3.42. The SMILES string of the molecule is CCC(CN)CC(=O)NC(C)c1cc(F)ccc1OC. The minimum Gasteiger partial charge on any atom is -0.496 e. The highest BCUT2D eigenvalue weighted by Gasteiger charge is 2.17. The summed E-state index contributed by atoms with van der Waals surface area (Å²) in [6.07, 6.45) is 1.25. The van der Waals surface area contributed by atoms with Crippen molar-refractivity contribution in [2.45, 2.75) is 32.7 Å². The van der Waals surface area contributed by atoms with Gasteiger partial charge in [0.2, 0.25) is 5.91 Å². The summed E-state index contributed by atoms with van der Waals surface area (Å²) in [6.45, 7) is 4.30. The lowest BCUT2D eigenvalue weighted by atomic mass is 10.0. The molecule has 0 aliphatic carbocycles. The number of methoxy groups -OCH3 is 1. The maximum atomic E-state index is 13.3. The maximum Gasteiger partial charge on any atom is 0.220 e. The van der Waals surface area contributed by atoms with Crippen molar-refractivity contribution in [3.63, 3.8) is 0 Å². The molecule has 20 heavy (non-hydrogen) atoms. The van der Waals surface area contributed by atoms with Crippen molar-refractivity contribution in [2.75, 3.05) is 13.7 Å². The summed E-state index contributed by atoms with van der Waals surface area (Å²) < 4.78 is 18.5. The van der Waals surface area contributed by atoms with Crippen molar-refractivity contribution in [1.82, 2.24) is 5.32 Å². The summed E-state index contributed by atoms with van der Waals surface area (Å²) in [5.74, 6) is 0.304. The Kier molecular flexibility index (Phi) is 6.45. The van der Waals surface area contributed by atoms with Crippen LogP contribution in [0, 0.1) is 11.7 Å². The summed E-state index contributed by atoms with van der Waals surface area (Å²) in [7, 11) is 1.52. The molecule has 0 radical (unpaired) electrons. The van der Waals surface area contributed by atoms with Crippen molar-refractivity contribution in [1.29, 1.82) is 0 Å². The Hall–Kier alpha value is -1.62. The molecule has 1 aromatic rings. The lowest BCUT2D eigenvalue weighted by Gasteiger charge is -2.19. The summed E-state index contributed by atoms with van der Waals surface area (Å²) in [4.78, 5) is 11.9. The van der Waals surface area contributed by atoms with Gasteiger partial charge in [-0.1, -0.05) is 13.3 Å². The first kappa shape index (κ1) is 16.4. The minimum atomic E-state index is -0.352. The van der Waals surface area contributed by atoms with Crippen LogP contribution in [0.1, 0.15) is 38.3 Å². The molecule has 1 amide bonds. The largest absolute Gasteiger partial charge is 0.496 e. The highest BCUT2D eigenvalue weighted by molar-refractivity contribution is 5.76. The van der Waals surface area contributed by atoms with Crippen molar-refractivity contribution >= 4 is 5.91 Å². The van der Waals surface area contributed by atoms with Crippen LogP contribution in [0.3, 0.4) is 0 Å². The van der Waals surface area contributed by atoms with Gasteiger partial charge in [0.05, 0.1) is 13.2 Å². The van der Waals surface area contributed by atoms with Crippen molar-refractivity contribution in [2.24, 2.45) is 11.7 Å². The van der Waals surface area contributed by atoms with E-state index >= 15 is 0 Å². The van der Waals surface area contributed by atoms with Gasteiger partial charge in [0.15, 0.2) is 0 Å². The van der Waals surface area contributed by atoms with Crippen molar-refractivity contribution in [3.8, 4) is 5.75 Å². The first-order valence-corrected chi connectivity index (χ1v) is 6.84. The number of amides is 1. The highest BCUT2D eigenvalue weighted by atomic mass is 19.1. The predicted molar refractivity (Wildman–Crippen MR) is 77.0 cm³/mol. The van der Waals surface area contributed by atoms with Gasteiger partial charge >= 0.3 is 0 Å². The van der Waals surface area contributed by atoms with Gasteiger partial charge < -0.3 is 15.8 Å². The van der Waals surface area contributed by atoms with E-state index < -0.39 is 0 Å². The zero-order valence-corrected chi connectivity index (χ0v) is 12.3. The number of nitrogens with one attached hydrogen (secondary N) is 1. The molecule has 0 saturated carbocycles. The fourth-order valence-electron chi connectivity index (χ4n) is 2.08. The molecule has 0 aromatic heterocycles. The van der Waals surface area contributed by atoms with E-state index in [1.165, 1.54) is 19.2 Å². The van der Waals surface area contributed by atoms with Crippen LogP contribution in [0.4, 0.5) is 4.39 Å². The van der Waals surface area contributed by atoms with Crippen molar-refractivity contribution < 1.29 is 13.9 Å². The Morgan fingerprint density at radius 3 is 2.75 bits per heavy atom. The number of benzene rings is 1. The Morgan fingerprint density at radius 2 is 2.20 bits per heavy atom. The molecule has 0 bridgehead atoms. The molecule has 3 N–H and O–H groups in total. The van der Waals surface area contributed by atoms with Crippen LogP contribution < -0.4 is 15.8 Å². The predicted octanol–water partition coefficient (Wildman–Crippen LogP) is 2.39. The molecule has 1 aromatic carbocycles. The second kappa shape index (κ2) is 7.85. The van der Waals surface area contributed by atoms with Crippen LogP contribution in [0.2, 0.25) is 0 Å². The summed E-state index contributed by atoms with van der Waals surface area (Å²) in [5, 5.41) is 2.86. The lowest BCUT2D eigenvalue weighted by molar-refractivity contribution is -0.122. The molecule has 5 heteroatoms. The summed E-state index contributed by atoms with van der Waals surface area (Å²) in [6, 6.07) is 3.95. The van der Waals surface area contributed by atoms with E-state index in [9.17, 15) is 9.18 Å². The summed E-state index contributed by atoms with van der Waals surface area (Å²) >= 11 is 0. The molecule has 0 aliphatic rings. The second-order valence-electron chi connectivity index (χ2n) is 4.89. The van der Waals surface area contributed by atoms with Gasteiger partial charge in [-0.25, -0.2) is 4.39 Å². The molecule has 2 unspecified atom stereocenters. The van der Waals surface area contributed by atoms with E-state index in [4.69, 9.17) is 10.5 Å². The van der Waals surface area contributed by atoms with E-state index in [0.717, 1.165) is 6.42 Å². The average Bonchev–Trinajstić information content (AvgIpc) is 2.44. The van der Waals surface area contributed by atoms with E-state index in [-0.39, 0.29) is 23.7 Å². The number of nitrogens with two attached hydrogens (primary N) is 1. The third-order valence-corrected chi connectivity index (χ3v) is 3.42. The first-order valence-electron chi connectivity index (χ1n) is 6.84. The number of ether oxygens (including phenoxy) is 1. The Labute approximate surface area is 119 Å². The molecule has 0 fully saturated rings. The molecular weight excluding hydrogens is 259 g/mol. The first-order chi connectivity index (χ1) is 9.51. The van der Waals surface area contributed by atoms with Gasteiger partial charge in [-0.05, 0) is 37.6 Å². The van der Waals surface area contributed by atoms with E-state index in [2.05, 4.69) is 5.32 Å². The molecule has 0 aliphatic heterocycles. The average molecular weight is 282 g/mol. The zero-order chi connectivity index (χ0) is 15.1. The second-order valence-corrected chi connectivity index (χ2v) is 4.89. The number of carbonyl (C=O) groups is 1. The van der Waals surface area contributed by atoms with Gasteiger partial charge in [0.1, 0.15) is 11.6 Å². The molecule has 0 saturated heterocycles. The van der Waals surface area contributed by atoms with Crippen LogP contribution in [0.25, 0.3) is 0 Å². The van der Waals surface area contributed by atoms with Crippen LogP contribution in [-0.2, 0) is 4.79 Å². The van der Waals surface area contributed by atoms with E-state index in [1.807, 2.05) is 6.92 Å². The Morgan fingerprint density at radius 1 is 1.50 bits per heavy atom. The van der Waals surface area contributed by atoms with Gasteiger partial charge in [-0.15, -0.1) is 0 Å². The number of halogens is 1.